The Balaban J connectivity index is 2.27. The number of allylic oxidation sites excluding steroid dienone is 1. The standard InChI is InChI=1S/C15H18O2/c1-2-17-15-10-6-4-8-13(15)11-12-7-3-5-9-14(12)16/h4,6,8,10-11H,2-3,5,7,9H2,1H3/b12-11+. The van der Waals surface area contributed by atoms with Crippen LogP contribution in [0.2, 0.25) is 0 Å². The van der Waals surface area contributed by atoms with Crippen LogP contribution >= 0.6 is 0 Å². The van der Waals surface area contributed by atoms with Gasteiger partial charge in [-0.1, -0.05) is 18.2 Å². The Hall–Kier alpha value is -1.57. The molecule has 2 nitrogen and oxygen atoms in total. The molecule has 0 spiro atoms. The lowest BCUT2D eigenvalue weighted by molar-refractivity contribution is -0.116. The third kappa shape index (κ3) is 2.96. The van der Waals surface area contributed by atoms with Crippen molar-refractivity contribution < 1.29 is 9.53 Å². The van der Waals surface area contributed by atoms with Crippen molar-refractivity contribution in [2.45, 2.75) is 32.6 Å². The number of hydrogen-bond acceptors (Lipinski definition) is 2. The van der Waals surface area contributed by atoms with Crippen LogP contribution in [-0.2, 0) is 4.79 Å². The topological polar surface area (TPSA) is 26.3 Å². The number of ketones is 1. The zero-order valence-electron chi connectivity index (χ0n) is 10.2. The maximum Gasteiger partial charge on any atom is 0.158 e. The first kappa shape index (κ1) is 11.9. The van der Waals surface area contributed by atoms with Crippen LogP contribution in [0.1, 0.15) is 38.2 Å². The molecule has 1 aromatic carbocycles. The predicted molar refractivity (Wildman–Crippen MR) is 69.1 cm³/mol. The molecule has 1 fully saturated rings. The number of rotatable bonds is 3. The average molecular weight is 230 g/mol. The lowest BCUT2D eigenvalue weighted by Gasteiger charge is -2.13. The first-order valence-corrected chi connectivity index (χ1v) is 6.27. The minimum Gasteiger partial charge on any atom is -0.493 e. The van der Waals surface area contributed by atoms with Crippen molar-refractivity contribution in [2.24, 2.45) is 0 Å². The highest BCUT2D eigenvalue weighted by atomic mass is 16.5. The van der Waals surface area contributed by atoms with Crippen LogP contribution in [0, 0.1) is 0 Å². The third-order valence-electron chi connectivity index (χ3n) is 3.01. The van der Waals surface area contributed by atoms with Gasteiger partial charge in [0.2, 0.25) is 0 Å². The first-order chi connectivity index (χ1) is 8.31. The van der Waals surface area contributed by atoms with E-state index in [2.05, 4.69) is 0 Å². The number of carbonyl (C=O) groups is 1. The van der Waals surface area contributed by atoms with E-state index in [-0.39, 0.29) is 0 Å². The zero-order valence-corrected chi connectivity index (χ0v) is 10.2. The fraction of sp³-hybridized carbons (Fsp3) is 0.400. The molecule has 0 amide bonds. The molecular formula is C15H18O2. The Morgan fingerprint density at radius 2 is 2.00 bits per heavy atom. The van der Waals surface area contributed by atoms with E-state index in [1.807, 2.05) is 37.3 Å². The van der Waals surface area contributed by atoms with Gasteiger partial charge >= 0.3 is 0 Å². The Morgan fingerprint density at radius 1 is 1.24 bits per heavy atom. The van der Waals surface area contributed by atoms with E-state index in [1.54, 1.807) is 0 Å². The van der Waals surface area contributed by atoms with Crippen molar-refractivity contribution in [3.63, 3.8) is 0 Å². The molecular weight excluding hydrogens is 212 g/mol. The molecule has 90 valence electrons. The van der Waals surface area contributed by atoms with E-state index in [9.17, 15) is 4.79 Å². The van der Waals surface area contributed by atoms with Gasteiger partial charge in [0.05, 0.1) is 6.61 Å². The van der Waals surface area contributed by atoms with Gasteiger partial charge in [-0.3, -0.25) is 4.79 Å². The van der Waals surface area contributed by atoms with E-state index in [0.717, 1.165) is 36.1 Å². The van der Waals surface area contributed by atoms with Crippen LogP contribution < -0.4 is 4.74 Å². The van der Waals surface area contributed by atoms with Crippen molar-refractivity contribution in [1.29, 1.82) is 0 Å². The van der Waals surface area contributed by atoms with Gasteiger partial charge in [0.25, 0.3) is 0 Å². The molecule has 1 aliphatic rings. The molecule has 1 aromatic rings. The van der Waals surface area contributed by atoms with Crippen LogP contribution in [0.25, 0.3) is 6.08 Å². The smallest absolute Gasteiger partial charge is 0.158 e. The summed E-state index contributed by atoms with van der Waals surface area (Å²) in [6.45, 7) is 2.61. The first-order valence-electron chi connectivity index (χ1n) is 6.27. The molecule has 0 bridgehead atoms. The Labute approximate surface area is 102 Å². The van der Waals surface area contributed by atoms with E-state index in [4.69, 9.17) is 4.74 Å². The number of ether oxygens (including phenoxy) is 1. The molecule has 1 saturated carbocycles. The molecule has 2 rings (SSSR count). The van der Waals surface area contributed by atoms with Gasteiger partial charge in [-0.2, -0.15) is 0 Å². The Bertz CT molecular complexity index is 432. The van der Waals surface area contributed by atoms with Gasteiger partial charge in [-0.15, -0.1) is 0 Å². The van der Waals surface area contributed by atoms with Crippen LogP contribution in [0.15, 0.2) is 29.8 Å². The highest BCUT2D eigenvalue weighted by Crippen LogP contribution is 2.26. The summed E-state index contributed by atoms with van der Waals surface area (Å²) in [4.78, 5) is 11.8. The quantitative estimate of drug-likeness (QED) is 0.741. The predicted octanol–water partition coefficient (Wildman–Crippen LogP) is 3.61. The van der Waals surface area contributed by atoms with Gasteiger partial charge in [0, 0.05) is 12.0 Å². The van der Waals surface area contributed by atoms with Crippen LogP contribution in [0.3, 0.4) is 0 Å². The van der Waals surface area contributed by atoms with Gasteiger partial charge < -0.3 is 4.74 Å². The highest BCUT2D eigenvalue weighted by Gasteiger charge is 2.15. The fourth-order valence-electron chi connectivity index (χ4n) is 2.13. The van der Waals surface area contributed by atoms with Crippen LogP contribution in [0.5, 0.6) is 5.75 Å². The van der Waals surface area contributed by atoms with Crippen LogP contribution in [0.4, 0.5) is 0 Å². The van der Waals surface area contributed by atoms with Gasteiger partial charge in [0.1, 0.15) is 5.75 Å². The summed E-state index contributed by atoms with van der Waals surface area (Å²) in [5.74, 6) is 1.16. The maximum absolute atomic E-state index is 11.8. The summed E-state index contributed by atoms with van der Waals surface area (Å²) in [5.41, 5.74) is 1.96. The number of para-hydroxylation sites is 1. The average Bonchev–Trinajstić information content (AvgIpc) is 2.35. The highest BCUT2D eigenvalue weighted by molar-refractivity contribution is 6.00. The molecule has 0 unspecified atom stereocenters. The minimum absolute atomic E-state index is 0.294. The van der Waals surface area contributed by atoms with E-state index < -0.39 is 0 Å². The molecule has 0 radical (unpaired) electrons. The molecule has 0 aromatic heterocycles. The maximum atomic E-state index is 11.8. The summed E-state index contributed by atoms with van der Waals surface area (Å²) in [7, 11) is 0. The van der Waals surface area contributed by atoms with Crippen molar-refractivity contribution in [1.82, 2.24) is 0 Å². The summed E-state index contributed by atoms with van der Waals surface area (Å²) in [6.07, 6.45) is 5.74. The lowest BCUT2D eigenvalue weighted by atomic mass is 9.92. The zero-order chi connectivity index (χ0) is 12.1. The number of benzene rings is 1. The van der Waals surface area contributed by atoms with Crippen molar-refractivity contribution in [3.05, 3.63) is 35.4 Å². The molecule has 0 heterocycles. The van der Waals surface area contributed by atoms with Crippen molar-refractivity contribution >= 4 is 11.9 Å². The largest absolute Gasteiger partial charge is 0.493 e. The molecule has 0 atom stereocenters. The second-order valence-corrected chi connectivity index (χ2v) is 4.27. The second-order valence-electron chi connectivity index (χ2n) is 4.27. The summed E-state index contributed by atoms with van der Waals surface area (Å²) < 4.78 is 5.56. The number of carbonyl (C=O) groups excluding carboxylic acids is 1. The minimum atomic E-state index is 0.294. The van der Waals surface area contributed by atoms with Crippen molar-refractivity contribution in [2.75, 3.05) is 6.61 Å². The van der Waals surface area contributed by atoms with Gasteiger partial charge in [-0.05, 0) is 43.9 Å². The van der Waals surface area contributed by atoms with E-state index in [1.165, 1.54) is 0 Å². The van der Waals surface area contributed by atoms with E-state index in [0.29, 0.717) is 18.8 Å². The number of Topliss-reactive ketones (excluding diaryl/α,β-unsaturated/α-hetero) is 1. The second kappa shape index (κ2) is 5.67. The molecule has 0 saturated heterocycles. The normalized spacial score (nSPS) is 18.4. The summed E-state index contributed by atoms with van der Waals surface area (Å²) >= 11 is 0. The molecule has 0 N–H and O–H groups in total. The van der Waals surface area contributed by atoms with Gasteiger partial charge in [0.15, 0.2) is 5.78 Å². The SMILES string of the molecule is CCOc1ccccc1/C=C1\CCCCC1=O. The third-order valence-corrected chi connectivity index (χ3v) is 3.01. The summed E-state index contributed by atoms with van der Waals surface area (Å²) in [5, 5.41) is 0. The molecule has 0 aliphatic heterocycles. The van der Waals surface area contributed by atoms with Crippen molar-refractivity contribution in [3.8, 4) is 5.75 Å². The summed E-state index contributed by atoms with van der Waals surface area (Å²) in [6, 6.07) is 7.88. The molecule has 17 heavy (non-hydrogen) atoms. The van der Waals surface area contributed by atoms with Gasteiger partial charge in [-0.25, -0.2) is 0 Å². The monoisotopic (exact) mass is 230 g/mol. The fourth-order valence-corrected chi connectivity index (χ4v) is 2.13. The van der Waals surface area contributed by atoms with E-state index >= 15 is 0 Å². The molecule has 1 aliphatic carbocycles. The number of hydrogen-bond donors (Lipinski definition) is 0. The Morgan fingerprint density at radius 3 is 2.76 bits per heavy atom. The lowest BCUT2D eigenvalue weighted by Crippen LogP contribution is -2.08. The molecule has 2 heteroatoms. The Kier molecular flexibility index (Phi) is 3.97. The van der Waals surface area contributed by atoms with Crippen LogP contribution in [-0.4, -0.2) is 12.4 Å².